The molecule has 0 aromatic heterocycles. The molecule has 0 amide bonds. The molecule has 3 heteroatoms. The Morgan fingerprint density at radius 1 is 1.33 bits per heavy atom. The van der Waals surface area contributed by atoms with Crippen molar-refractivity contribution in [3.8, 4) is 0 Å². The average molecular weight is 314 g/mol. The molecule has 0 aliphatic heterocycles. The quantitative estimate of drug-likeness (QED) is 0.840. The van der Waals surface area contributed by atoms with Gasteiger partial charge in [0.1, 0.15) is 5.82 Å². The summed E-state index contributed by atoms with van der Waals surface area (Å²) in [4.78, 5) is 0. The first-order valence-corrected chi connectivity index (χ1v) is 7.70. The van der Waals surface area contributed by atoms with Gasteiger partial charge in [0.15, 0.2) is 0 Å². The summed E-state index contributed by atoms with van der Waals surface area (Å²) >= 11 is 3.29. The van der Waals surface area contributed by atoms with E-state index in [2.05, 4.69) is 28.2 Å². The summed E-state index contributed by atoms with van der Waals surface area (Å²) in [6.45, 7) is 2.97. The molecule has 1 N–H and O–H groups in total. The molecule has 18 heavy (non-hydrogen) atoms. The highest BCUT2D eigenvalue weighted by molar-refractivity contribution is 9.10. The van der Waals surface area contributed by atoms with Gasteiger partial charge >= 0.3 is 0 Å². The topological polar surface area (TPSA) is 12.0 Å². The second-order valence-electron chi connectivity index (χ2n) is 5.08. The lowest BCUT2D eigenvalue weighted by molar-refractivity contribution is 0.269. The lowest BCUT2D eigenvalue weighted by Crippen LogP contribution is -2.30. The molecule has 0 heterocycles. The van der Waals surface area contributed by atoms with Crippen molar-refractivity contribution in [1.82, 2.24) is 5.32 Å². The molecule has 1 aromatic carbocycles. The minimum atomic E-state index is -0.103. The number of hydrogen-bond donors (Lipinski definition) is 1. The van der Waals surface area contributed by atoms with Crippen molar-refractivity contribution in [2.24, 2.45) is 5.92 Å². The van der Waals surface area contributed by atoms with Crippen LogP contribution in [0.2, 0.25) is 0 Å². The van der Waals surface area contributed by atoms with Crippen LogP contribution in [0.4, 0.5) is 4.39 Å². The number of nitrogens with one attached hydrogen (secondary N) is 1. The van der Waals surface area contributed by atoms with Gasteiger partial charge in [-0.05, 0) is 47.3 Å². The monoisotopic (exact) mass is 313 g/mol. The Morgan fingerprint density at radius 3 is 2.72 bits per heavy atom. The van der Waals surface area contributed by atoms with Gasteiger partial charge in [-0.25, -0.2) is 4.39 Å². The molecule has 1 fully saturated rings. The van der Waals surface area contributed by atoms with Crippen molar-refractivity contribution in [3.63, 3.8) is 0 Å². The molecule has 1 aromatic rings. The standard InChI is InChI=1S/C15H21BrFN/c1-2-18-15(11-7-4-3-5-8-11)12-9-6-10-13(16)14(12)17/h6,9-11,15,18H,2-5,7-8H2,1H3. The summed E-state index contributed by atoms with van der Waals surface area (Å²) in [7, 11) is 0. The zero-order valence-corrected chi connectivity index (χ0v) is 12.5. The van der Waals surface area contributed by atoms with Crippen molar-refractivity contribution in [1.29, 1.82) is 0 Å². The Morgan fingerprint density at radius 2 is 2.06 bits per heavy atom. The van der Waals surface area contributed by atoms with Gasteiger partial charge in [0.05, 0.1) is 4.47 Å². The SMILES string of the molecule is CCNC(c1cccc(Br)c1F)C1CCCCC1. The van der Waals surface area contributed by atoms with Crippen LogP contribution in [-0.2, 0) is 0 Å². The fourth-order valence-corrected chi connectivity index (χ4v) is 3.36. The van der Waals surface area contributed by atoms with Crippen LogP contribution in [0, 0.1) is 11.7 Å². The molecule has 1 aliphatic carbocycles. The van der Waals surface area contributed by atoms with E-state index in [0.29, 0.717) is 10.4 Å². The smallest absolute Gasteiger partial charge is 0.142 e. The molecule has 1 aliphatic rings. The van der Waals surface area contributed by atoms with E-state index in [0.717, 1.165) is 12.1 Å². The molecule has 0 spiro atoms. The van der Waals surface area contributed by atoms with Crippen LogP contribution in [0.3, 0.4) is 0 Å². The van der Waals surface area contributed by atoms with Gasteiger partial charge in [0.25, 0.3) is 0 Å². The van der Waals surface area contributed by atoms with Crippen LogP contribution >= 0.6 is 15.9 Å². The Kier molecular flexibility index (Phi) is 5.19. The second-order valence-corrected chi connectivity index (χ2v) is 5.93. The maximum Gasteiger partial charge on any atom is 0.142 e. The van der Waals surface area contributed by atoms with Gasteiger partial charge in [-0.2, -0.15) is 0 Å². The van der Waals surface area contributed by atoms with Gasteiger partial charge in [0.2, 0.25) is 0 Å². The third kappa shape index (κ3) is 3.12. The first-order valence-electron chi connectivity index (χ1n) is 6.91. The zero-order chi connectivity index (χ0) is 13.0. The molecule has 1 nitrogen and oxygen atoms in total. The van der Waals surface area contributed by atoms with Gasteiger partial charge in [-0.1, -0.05) is 38.3 Å². The van der Waals surface area contributed by atoms with E-state index in [9.17, 15) is 4.39 Å². The molecule has 1 saturated carbocycles. The maximum atomic E-state index is 14.2. The summed E-state index contributed by atoms with van der Waals surface area (Å²) in [5, 5.41) is 3.48. The van der Waals surface area contributed by atoms with E-state index >= 15 is 0 Å². The van der Waals surface area contributed by atoms with E-state index in [1.54, 1.807) is 6.07 Å². The van der Waals surface area contributed by atoms with Crippen LogP contribution in [0.25, 0.3) is 0 Å². The van der Waals surface area contributed by atoms with Crippen molar-refractivity contribution in [3.05, 3.63) is 34.1 Å². The van der Waals surface area contributed by atoms with Crippen LogP contribution in [0.15, 0.2) is 22.7 Å². The summed E-state index contributed by atoms with van der Waals surface area (Å²) < 4.78 is 14.8. The normalized spacial score (nSPS) is 18.8. The van der Waals surface area contributed by atoms with Crippen LogP contribution in [-0.4, -0.2) is 6.54 Å². The van der Waals surface area contributed by atoms with Crippen LogP contribution < -0.4 is 5.32 Å². The third-order valence-electron chi connectivity index (χ3n) is 3.86. The van der Waals surface area contributed by atoms with E-state index < -0.39 is 0 Å². The third-order valence-corrected chi connectivity index (χ3v) is 4.47. The van der Waals surface area contributed by atoms with Gasteiger partial charge < -0.3 is 5.32 Å². The summed E-state index contributed by atoms with van der Waals surface area (Å²) in [5.74, 6) is 0.469. The van der Waals surface area contributed by atoms with Crippen molar-refractivity contribution < 1.29 is 4.39 Å². The highest BCUT2D eigenvalue weighted by Crippen LogP contribution is 2.36. The molecule has 2 rings (SSSR count). The Bertz CT molecular complexity index is 388. The van der Waals surface area contributed by atoms with Crippen LogP contribution in [0.5, 0.6) is 0 Å². The molecule has 0 radical (unpaired) electrons. The predicted octanol–water partition coefficient (Wildman–Crippen LogP) is 4.82. The first kappa shape index (κ1) is 14.0. The second kappa shape index (κ2) is 6.67. The number of halogens is 2. The molecule has 0 saturated heterocycles. The zero-order valence-electron chi connectivity index (χ0n) is 10.9. The van der Waals surface area contributed by atoms with E-state index in [4.69, 9.17) is 0 Å². The average Bonchev–Trinajstić information content (AvgIpc) is 2.41. The highest BCUT2D eigenvalue weighted by Gasteiger charge is 2.26. The fraction of sp³-hybridized carbons (Fsp3) is 0.600. The number of hydrogen-bond acceptors (Lipinski definition) is 1. The number of benzene rings is 1. The Balaban J connectivity index is 2.25. The molecule has 1 atom stereocenters. The van der Waals surface area contributed by atoms with E-state index in [1.807, 2.05) is 12.1 Å². The maximum absolute atomic E-state index is 14.2. The molecule has 100 valence electrons. The van der Waals surface area contributed by atoms with Gasteiger partial charge in [-0.3, -0.25) is 0 Å². The van der Waals surface area contributed by atoms with Crippen molar-refractivity contribution in [2.75, 3.05) is 6.54 Å². The van der Waals surface area contributed by atoms with Crippen molar-refractivity contribution >= 4 is 15.9 Å². The lowest BCUT2D eigenvalue weighted by Gasteiger charge is -2.31. The van der Waals surface area contributed by atoms with E-state index in [-0.39, 0.29) is 11.9 Å². The molecular weight excluding hydrogens is 293 g/mol. The Hall–Kier alpha value is -0.410. The largest absolute Gasteiger partial charge is 0.310 e. The fourth-order valence-electron chi connectivity index (χ4n) is 2.98. The van der Waals surface area contributed by atoms with Crippen LogP contribution in [0.1, 0.15) is 50.6 Å². The molecule has 0 bridgehead atoms. The minimum absolute atomic E-state index is 0.103. The van der Waals surface area contributed by atoms with Crippen molar-refractivity contribution in [2.45, 2.75) is 45.1 Å². The summed E-state index contributed by atoms with van der Waals surface area (Å²) in [6, 6.07) is 5.77. The number of rotatable bonds is 4. The summed E-state index contributed by atoms with van der Waals surface area (Å²) in [6.07, 6.45) is 6.31. The van der Waals surface area contributed by atoms with Gasteiger partial charge in [-0.15, -0.1) is 0 Å². The first-order chi connectivity index (χ1) is 8.74. The predicted molar refractivity (Wildman–Crippen MR) is 77.1 cm³/mol. The molecule has 1 unspecified atom stereocenters. The minimum Gasteiger partial charge on any atom is -0.310 e. The molecular formula is C15H21BrFN. The van der Waals surface area contributed by atoms with Gasteiger partial charge in [0, 0.05) is 11.6 Å². The lowest BCUT2D eigenvalue weighted by atomic mass is 9.81. The summed E-state index contributed by atoms with van der Waals surface area (Å²) in [5.41, 5.74) is 0.818. The highest BCUT2D eigenvalue weighted by atomic mass is 79.9. The Labute approximate surface area is 117 Å². The van der Waals surface area contributed by atoms with E-state index in [1.165, 1.54) is 32.1 Å².